The molecule has 0 bridgehead atoms. The van der Waals surface area contributed by atoms with E-state index in [-0.39, 0.29) is 5.91 Å². The summed E-state index contributed by atoms with van der Waals surface area (Å²) in [6.45, 7) is 3.85. The fourth-order valence-corrected chi connectivity index (χ4v) is 3.41. The summed E-state index contributed by atoms with van der Waals surface area (Å²) in [5, 5.41) is 2.87. The predicted molar refractivity (Wildman–Crippen MR) is 107 cm³/mol. The molecule has 0 saturated carbocycles. The second-order valence-electron chi connectivity index (χ2n) is 6.71. The van der Waals surface area contributed by atoms with Gasteiger partial charge in [-0.15, -0.1) is 0 Å². The number of ether oxygens (including phenoxy) is 2. The van der Waals surface area contributed by atoms with Crippen molar-refractivity contribution in [2.24, 2.45) is 0 Å². The predicted octanol–water partition coefficient (Wildman–Crippen LogP) is 0.825. The Kier molecular flexibility index (Phi) is 6.49. The van der Waals surface area contributed by atoms with Gasteiger partial charge in [0.2, 0.25) is 0 Å². The standard InChI is InChI=1S/C21H25N3O4/c1-27-19-9-4-3-8-18(19)24-12-10-23(11-13-24)15-20(25)22-17-7-5-6-16(14-17)21(26)28-2/h3-9,14H,10-13,15H2,1-2H3,(H,22,25)/p+1. The van der Waals surface area contributed by atoms with Crippen LogP contribution in [0.15, 0.2) is 48.5 Å². The molecule has 3 rings (SSSR count). The van der Waals surface area contributed by atoms with Gasteiger partial charge >= 0.3 is 5.97 Å². The maximum absolute atomic E-state index is 12.4. The smallest absolute Gasteiger partial charge is 0.337 e. The molecule has 0 aliphatic carbocycles. The molecule has 1 saturated heterocycles. The molecule has 0 radical (unpaired) electrons. The van der Waals surface area contributed by atoms with Crippen LogP contribution in [-0.2, 0) is 9.53 Å². The zero-order valence-corrected chi connectivity index (χ0v) is 16.2. The van der Waals surface area contributed by atoms with Crippen LogP contribution < -0.4 is 19.9 Å². The highest BCUT2D eigenvalue weighted by molar-refractivity contribution is 5.94. The number of amides is 1. The summed E-state index contributed by atoms with van der Waals surface area (Å²) in [7, 11) is 3.02. The van der Waals surface area contributed by atoms with E-state index in [0.29, 0.717) is 17.8 Å². The van der Waals surface area contributed by atoms with Crippen LogP contribution in [0.3, 0.4) is 0 Å². The van der Waals surface area contributed by atoms with Crippen LogP contribution >= 0.6 is 0 Å². The third kappa shape index (κ3) is 4.80. The minimum absolute atomic E-state index is 0.0669. The lowest BCUT2D eigenvalue weighted by molar-refractivity contribution is -0.892. The lowest BCUT2D eigenvalue weighted by atomic mass is 10.2. The van der Waals surface area contributed by atoms with Crippen molar-refractivity contribution in [3.05, 3.63) is 54.1 Å². The first-order valence-electron chi connectivity index (χ1n) is 9.30. The van der Waals surface area contributed by atoms with E-state index < -0.39 is 5.97 Å². The van der Waals surface area contributed by atoms with Crippen molar-refractivity contribution in [1.82, 2.24) is 0 Å². The second kappa shape index (κ2) is 9.23. The molecule has 28 heavy (non-hydrogen) atoms. The lowest BCUT2D eigenvalue weighted by Gasteiger charge is -2.34. The molecule has 2 N–H and O–H groups in total. The summed E-state index contributed by atoms with van der Waals surface area (Å²) in [4.78, 5) is 27.5. The number of nitrogens with one attached hydrogen (secondary N) is 2. The molecular weight excluding hydrogens is 358 g/mol. The lowest BCUT2D eigenvalue weighted by Crippen LogP contribution is -3.15. The Balaban J connectivity index is 1.52. The number of carbonyl (C=O) groups is 2. The van der Waals surface area contributed by atoms with Gasteiger partial charge in [-0.2, -0.15) is 0 Å². The molecule has 0 unspecified atom stereocenters. The minimum atomic E-state index is -0.422. The van der Waals surface area contributed by atoms with Gasteiger partial charge < -0.3 is 24.6 Å². The van der Waals surface area contributed by atoms with Crippen molar-refractivity contribution >= 4 is 23.3 Å². The summed E-state index contributed by atoms with van der Waals surface area (Å²) < 4.78 is 10.2. The third-order valence-electron chi connectivity index (χ3n) is 4.87. The topological polar surface area (TPSA) is 72.3 Å². The quantitative estimate of drug-likeness (QED) is 0.722. The molecule has 7 nitrogen and oxygen atoms in total. The van der Waals surface area contributed by atoms with Crippen LogP contribution in [-0.4, -0.2) is 58.8 Å². The number of rotatable bonds is 6. The van der Waals surface area contributed by atoms with E-state index in [4.69, 9.17) is 9.47 Å². The number of methoxy groups -OCH3 is 2. The molecule has 2 aromatic carbocycles. The molecule has 0 atom stereocenters. The van der Waals surface area contributed by atoms with Gasteiger partial charge in [-0.1, -0.05) is 18.2 Å². The number of nitrogens with zero attached hydrogens (tertiary/aromatic N) is 1. The van der Waals surface area contributed by atoms with Gasteiger partial charge in [0.25, 0.3) is 5.91 Å². The van der Waals surface area contributed by atoms with Gasteiger partial charge in [-0.25, -0.2) is 4.79 Å². The monoisotopic (exact) mass is 384 g/mol. The van der Waals surface area contributed by atoms with Crippen LogP contribution in [0.4, 0.5) is 11.4 Å². The maximum atomic E-state index is 12.4. The van der Waals surface area contributed by atoms with Crippen molar-refractivity contribution < 1.29 is 24.0 Å². The van der Waals surface area contributed by atoms with Gasteiger partial charge in [0.15, 0.2) is 6.54 Å². The first kappa shape index (κ1) is 19.7. The number of piperazine rings is 1. The number of esters is 1. The molecule has 1 heterocycles. The summed E-state index contributed by atoms with van der Waals surface area (Å²) >= 11 is 0. The average Bonchev–Trinajstić information content (AvgIpc) is 2.73. The molecule has 148 valence electrons. The average molecular weight is 384 g/mol. The van der Waals surface area contributed by atoms with Gasteiger partial charge in [0, 0.05) is 5.69 Å². The number of benzene rings is 2. The Morgan fingerprint density at radius 2 is 1.82 bits per heavy atom. The molecule has 2 aromatic rings. The maximum Gasteiger partial charge on any atom is 0.337 e. The largest absolute Gasteiger partial charge is 0.495 e. The van der Waals surface area contributed by atoms with Crippen LogP contribution in [0.2, 0.25) is 0 Å². The Morgan fingerprint density at radius 1 is 1.07 bits per heavy atom. The zero-order valence-electron chi connectivity index (χ0n) is 16.2. The molecular formula is C21H26N3O4+. The Morgan fingerprint density at radius 3 is 2.54 bits per heavy atom. The van der Waals surface area contributed by atoms with Gasteiger partial charge in [-0.3, -0.25) is 4.79 Å². The van der Waals surface area contributed by atoms with E-state index in [9.17, 15) is 9.59 Å². The number of carbonyl (C=O) groups excluding carboxylic acids is 2. The number of quaternary nitrogens is 1. The van der Waals surface area contributed by atoms with E-state index in [1.165, 1.54) is 12.0 Å². The molecule has 0 aromatic heterocycles. The van der Waals surface area contributed by atoms with Crippen molar-refractivity contribution in [2.45, 2.75) is 0 Å². The molecule has 1 aliphatic rings. The first-order valence-corrected chi connectivity index (χ1v) is 9.30. The molecule has 0 spiro atoms. The summed E-state index contributed by atoms with van der Waals surface area (Å²) in [5.41, 5.74) is 2.10. The highest BCUT2D eigenvalue weighted by Crippen LogP contribution is 2.27. The first-order chi connectivity index (χ1) is 13.6. The number of hydrogen-bond donors (Lipinski definition) is 2. The number of anilines is 2. The Labute approximate surface area is 164 Å². The minimum Gasteiger partial charge on any atom is -0.495 e. The molecule has 1 aliphatic heterocycles. The Bertz CT molecular complexity index is 832. The van der Waals surface area contributed by atoms with Gasteiger partial charge in [-0.05, 0) is 30.3 Å². The van der Waals surface area contributed by atoms with E-state index >= 15 is 0 Å². The van der Waals surface area contributed by atoms with E-state index in [0.717, 1.165) is 37.6 Å². The summed E-state index contributed by atoms with van der Waals surface area (Å²) in [5.74, 6) is 0.381. The van der Waals surface area contributed by atoms with E-state index in [1.54, 1.807) is 31.4 Å². The highest BCUT2D eigenvalue weighted by atomic mass is 16.5. The zero-order chi connectivity index (χ0) is 19.9. The fourth-order valence-electron chi connectivity index (χ4n) is 3.41. The number of para-hydroxylation sites is 2. The van der Waals surface area contributed by atoms with Crippen molar-refractivity contribution in [2.75, 3.05) is 57.2 Å². The van der Waals surface area contributed by atoms with Crippen LogP contribution in [0, 0.1) is 0 Å². The van der Waals surface area contributed by atoms with E-state index in [1.807, 2.05) is 18.2 Å². The fraction of sp³-hybridized carbons (Fsp3) is 0.333. The van der Waals surface area contributed by atoms with Gasteiger partial charge in [0.05, 0.1) is 51.6 Å². The third-order valence-corrected chi connectivity index (χ3v) is 4.87. The molecule has 1 fully saturated rings. The summed E-state index contributed by atoms with van der Waals surface area (Å²) in [6.07, 6.45) is 0. The Hall–Kier alpha value is -3.06. The molecule has 7 heteroatoms. The van der Waals surface area contributed by atoms with Crippen LogP contribution in [0.1, 0.15) is 10.4 Å². The van der Waals surface area contributed by atoms with Crippen LogP contribution in [0.5, 0.6) is 5.75 Å². The van der Waals surface area contributed by atoms with Gasteiger partial charge in [0.1, 0.15) is 5.75 Å². The van der Waals surface area contributed by atoms with Crippen molar-refractivity contribution in [3.63, 3.8) is 0 Å². The van der Waals surface area contributed by atoms with Crippen molar-refractivity contribution in [1.29, 1.82) is 0 Å². The summed E-state index contributed by atoms with van der Waals surface area (Å²) in [6, 6.07) is 14.8. The number of hydrogen-bond acceptors (Lipinski definition) is 5. The highest BCUT2D eigenvalue weighted by Gasteiger charge is 2.24. The normalized spacial score (nSPS) is 14.4. The van der Waals surface area contributed by atoms with Crippen molar-refractivity contribution in [3.8, 4) is 5.75 Å². The molecule has 1 amide bonds. The second-order valence-corrected chi connectivity index (χ2v) is 6.71. The van der Waals surface area contributed by atoms with Crippen LogP contribution in [0.25, 0.3) is 0 Å². The van der Waals surface area contributed by atoms with E-state index in [2.05, 4.69) is 16.3 Å². The SMILES string of the molecule is COC(=O)c1cccc(NC(=O)C[NH+]2CCN(c3ccccc3OC)CC2)c1.